The third-order valence-corrected chi connectivity index (χ3v) is 5.65. The molecule has 0 bridgehead atoms. The minimum Gasteiger partial charge on any atom is -0.481 e. The quantitative estimate of drug-likeness (QED) is 0.272. The number of hydrogen-bond acceptors (Lipinski definition) is 6. The molecule has 6 N–H and O–H groups in total. The summed E-state index contributed by atoms with van der Waals surface area (Å²) in [6.07, 6.45) is 2.56. The van der Waals surface area contributed by atoms with E-state index in [1.165, 1.54) is 24.3 Å². The molecule has 1 aliphatic heterocycles. The molecule has 1 aromatic carbocycles. The Labute approximate surface area is 182 Å². The van der Waals surface area contributed by atoms with Gasteiger partial charge in [-0.05, 0) is 44.0 Å². The minimum absolute atomic E-state index is 0.106. The number of halogens is 1. The maximum atomic E-state index is 13.0. The largest absolute Gasteiger partial charge is 0.481 e. The van der Waals surface area contributed by atoms with Gasteiger partial charge >= 0.3 is 19.1 Å². The molecule has 1 aliphatic rings. The molecule has 0 saturated carbocycles. The van der Waals surface area contributed by atoms with E-state index in [2.05, 4.69) is 5.32 Å². The molecule has 31 heavy (non-hydrogen) atoms. The van der Waals surface area contributed by atoms with Gasteiger partial charge in [0.15, 0.2) is 0 Å². The van der Waals surface area contributed by atoms with Crippen molar-refractivity contribution in [1.29, 1.82) is 0 Å². The zero-order valence-electron chi connectivity index (χ0n) is 17.8. The Bertz CT molecular complexity index is 727. The number of nitrogens with one attached hydrogen (secondary N) is 1. The highest BCUT2D eigenvalue weighted by molar-refractivity contribution is 6.43. The van der Waals surface area contributed by atoms with E-state index < -0.39 is 24.6 Å². The first-order chi connectivity index (χ1) is 14.6. The molecular formula is C20H32BFN4O5. The third-order valence-electron chi connectivity index (χ3n) is 5.65. The Balaban J connectivity index is 1.87. The summed E-state index contributed by atoms with van der Waals surface area (Å²) in [6.45, 7) is 3.37. The van der Waals surface area contributed by atoms with Crippen LogP contribution in [0.3, 0.4) is 0 Å². The van der Waals surface area contributed by atoms with Gasteiger partial charge in [-0.2, -0.15) is 0 Å². The van der Waals surface area contributed by atoms with Crippen molar-refractivity contribution < 1.29 is 29.1 Å². The number of benzene rings is 1. The second-order valence-electron chi connectivity index (χ2n) is 8.28. The van der Waals surface area contributed by atoms with Gasteiger partial charge in [-0.15, -0.1) is 0 Å². The normalized spacial score (nSPS) is 17.6. The number of nitrogens with two attached hydrogens (primary N) is 1. The number of carbonyl (C=O) groups is 2. The van der Waals surface area contributed by atoms with Gasteiger partial charge in [-0.25, -0.2) is 9.18 Å². The molecule has 172 valence electrons. The zero-order chi connectivity index (χ0) is 23.0. The van der Waals surface area contributed by atoms with Gasteiger partial charge in [-0.3, -0.25) is 9.69 Å². The highest BCUT2D eigenvalue weighted by Gasteiger charge is 2.43. The summed E-state index contributed by atoms with van der Waals surface area (Å²) in [5.74, 6) is -1.93. The number of nitrogens with zero attached hydrogens (tertiary/aromatic N) is 2. The van der Waals surface area contributed by atoms with Crippen LogP contribution in [0.1, 0.15) is 39.0 Å². The number of amides is 2. The van der Waals surface area contributed by atoms with Crippen LogP contribution in [0.4, 0.5) is 14.9 Å². The smallest absolute Gasteiger partial charge is 0.471 e. The average molecular weight is 438 g/mol. The minimum atomic E-state index is -1.64. The molecule has 2 atom stereocenters. The molecule has 1 saturated heterocycles. The topological polar surface area (TPSA) is 139 Å². The molecule has 1 fully saturated rings. The fourth-order valence-electron chi connectivity index (χ4n) is 3.99. The van der Waals surface area contributed by atoms with Crippen LogP contribution < -0.4 is 11.1 Å². The molecule has 1 aromatic rings. The van der Waals surface area contributed by atoms with Gasteiger partial charge in [0.05, 0.1) is 5.94 Å². The van der Waals surface area contributed by atoms with Crippen molar-refractivity contribution in [2.75, 3.05) is 31.5 Å². The summed E-state index contributed by atoms with van der Waals surface area (Å²) >= 11 is 0. The van der Waals surface area contributed by atoms with Crippen LogP contribution in [0.2, 0.25) is 0 Å². The number of unbranched alkanes of at least 4 members (excludes halogenated alkanes) is 2. The van der Waals surface area contributed by atoms with Gasteiger partial charge in [0.2, 0.25) is 0 Å². The summed E-state index contributed by atoms with van der Waals surface area (Å²) in [6, 6.07) is 5.20. The first-order valence-corrected chi connectivity index (χ1v) is 10.5. The van der Waals surface area contributed by atoms with Crippen molar-refractivity contribution >= 4 is 24.8 Å². The lowest BCUT2D eigenvalue weighted by atomic mass is 9.65. The fraction of sp³-hybridized carbons (Fsp3) is 0.600. The van der Waals surface area contributed by atoms with Crippen molar-refractivity contribution in [2.24, 2.45) is 5.73 Å². The summed E-state index contributed by atoms with van der Waals surface area (Å²) in [5, 5.41) is 31.4. The van der Waals surface area contributed by atoms with E-state index in [9.17, 15) is 24.0 Å². The van der Waals surface area contributed by atoms with Gasteiger partial charge in [-0.1, -0.05) is 12.8 Å². The van der Waals surface area contributed by atoms with Crippen LogP contribution in [0.5, 0.6) is 0 Å². The second kappa shape index (κ2) is 11.4. The maximum absolute atomic E-state index is 13.0. The predicted molar refractivity (Wildman–Crippen MR) is 116 cm³/mol. The summed E-state index contributed by atoms with van der Waals surface area (Å²) in [5.41, 5.74) is 6.04. The van der Waals surface area contributed by atoms with Crippen LogP contribution in [-0.2, 0) is 4.79 Å². The molecular weight excluding hydrogens is 406 g/mol. The molecule has 2 unspecified atom stereocenters. The Kier molecular flexibility index (Phi) is 9.23. The fourth-order valence-corrected chi connectivity index (χ4v) is 3.99. The third kappa shape index (κ3) is 7.77. The summed E-state index contributed by atoms with van der Waals surface area (Å²) in [7, 11) is -1.64. The lowest BCUT2D eigenvalue weighted by Gasteiger charge is -2.45. The number of carbonyl (C=O) groups excluding carboxylic acids is 1. The number of carboxylic acid groups (broad SMARTS) is 1. The zero-order valence-corrected chi connectivity index (χ0v) is 17.8. The number of carboxylic acids is 1. The first-order valence-electron chi connectivity index (χ1n) is 10.5. The molecule has 2 rings (SSSR count). The monoisotopic (exact) mass is 438 g/mol. The molecule has 1 heterocycles. The molecule has 0 spiro atoms. The van der Waals surface area contributed by atoms with Crippen LogP contribution in [0.15, 0.2) is 24.3 Å². The van der Waals surface area contributed by atoms with E-state index in [-0.39, 0.29) is 18.3 Å². The number of piperazine rings is 1. The summed E-state index contributed by atoms with van der Waals surface area (Å²) in [4.78, 5) is 26.5. The van der Waals surface area contributed by atoms with Crippen molar-refractivity contribution in [2.45, 2.75) is 50.5 Å². The molecule has 0 aromatic heterocycles. The Morgan fingerprint density at radius 3 is 2.32 bits per heavy atom. The molecule has 0 radical (unpaired) electrons. The standard InChI is InChI=1S/C20H32BFN4O5/c1-20(23,10-4-2-3-5-17(27)28)18(21(30)31)25-11-13-26(14-12-25)19(29)24-16-8-6-15(22)7-9-16/h6-9,18,30-31H,2-5,10-14,23H2,1H3,(H,24,29)(H,27,28). The molecule has 0 aliphatic carbocycles. The number of hydrogen-bond donors (Lipinski definition) is 5. The van der Waals surface area contributed by atoms with E-state index in [0.29, 0.717) is 57.5 Å². The van der Waals surface area contributed by atoms with E-state index in [0.717, 1.165) is 0 Å². The number of anilines is 1. The highest BCUT2D eigenvalue weighted by atomic mass is 19.1. The van der Waals surface area contributed by atoms with Crippen LogP contribution in [0.25, 0.3) is 0 Å². The van der Waals surface area contributed by atoms with Crippen molar-refractivity contribution in [3.05, 3.63) is 30.1 Å². The Morgan fingerprint density at radius 2 is 1.77 bits per heavy atom. The van der Waals surface area contributed by atoms with Gasteiger partial charge in [0, 0.05) is 43.8 Å². The lowest BCUT2D eigenvalue weighted by molar-refractivity contribution is -0.137. The van der Waals surface area contributed by atoms with Crippen molar-refractivity contribution in [1.82, 2.24) is 9.80 Å². The molecule has 11 heteroatoms. The highest BCUT2D eigenvalue weighted by Crippen LogP contribution is 2.23. The van der Waals surface area contributed by atoms with E-state index in [1.807, 2.05) is 4.90 Å². The van der Waals surface area contributed by atoms with E-state index in [1.54, 1.807) is 11.8 Å². The van der Waals surface area contributed by atoms with Crippen LogP contribution in [-0.4, -0.2) is 81.7 Å². The summed E-state index contributed by atoms with van der Waals surface area (Å²) < 4.78 is 13.0. The molecule has 2 amide bonds. The number of urea groups is 1. The number of aliphatic carboxylic acids is 1. The molecule has 9 nitrogen and oxygen atoms in total. The SMILES string of the molecule is CC(N)(CCCCCC(=O)O)C(B(O)O)N1CCN(C(=O)Nc2ccc(F)cc2)CC1. The van der Waals surface area contributed by atoms with Crippen molar-refractivity contribution in [3.63, 3.8) is 0 Å². The van der Waals surface area contributed by atoms with Crippen LogP contribution in [0, 0.1) is 5.82 Å². The Morgan fingerprint density at radius 1 is 1.16 bits per heavy atom. The van der Waals surface area contributed by atoms with Gasteiger partial charge < -0.3 is 31.1 Å². The van der Waals surface area contributed by atoms with Crippen molar-refractivity contribution in [3.8, 4) is 0 Å². The van der Waals surface area contributed by atoms with Gasteiger partial charge in [0.25, 0.3) is 0 Å². The van der Waals surface area contributed by atoms with Crippen LogP contribution >= 0.6 is 0 Å². The number of rotatable bonds is 10. The first kappa shape index (κ1) is 25.1. The lowest BCUT2D eigenvalue weighted by Crippen LogP contribution is -2.67. The van der Waals surface area contributed by atoms with E-state index >= 15 is 0 Å². The van der Waals surface area contributed by atoms with Gasteiger partial charge in [0.1, 0.15) is 5.82 Å². The Hall–Kier alpha value is -2.21. The predicted octanol–water partition coefficient (Wildman–Crippen LogP) is 1.11. The maximum Gasteiger partial charge on any atom is 0.471 e. The second-order valence-corrected chi connectivity index (χ2v) is 8.28. The average Bonchev–Trinajstić information content (AvgIpc) is 2.69. The van der Waals surface area contributed by atoms with E-state index in [4.69, 9.17) is 10.8 Å².